The van der Waals surface area contributed by atoms with E-state index in [0.29, 0.717) is 4.20 Å². The lowest BCUT2D eigenvalue weighted by atomic mass is 10.0. The van der Waals surface area contributed by atoms with E-state index >= 15 is 0 Å². The Kier molecular flexibility index (Phi) is 3.47. The van der Waals surface area contributed by atoms with Crippen molar-refractivity contribution in [3.05, 3.63) is 35.4 Å². The molecular formula is C10H9NS2. The Balaban J connectivity index is 3.01. The summed E-state index contributed by atoms with van der Waals surface area (Å²) >= 11 is 8.89. The molecule has 0 saturated carbocycles. The molecule has 13 heavy (non-hydrogen) atoms. The zero-order valence-corrected chi connectivity index (χ0v) is 8.90. The van der Waals surface area contributed by atoms with E-state index < -0.39 is 0 Å². The Hall–Kier alpha value is -0.850. The molecule has 0 aliphatic rings. The van der Waals surface area contributed by atoms with Crippen LogP contribution in [0, 0.1) is 18.3 Å². The highest BCUT2D eigenvalue weighted by atomic mass is 32.1. The highest BCUT2D eigenvalue weighted by Gasteiger charge is 2.12. The predicted molar refractivity (Wildman–Crippen MR) is 61.1 cm³/mol. The van der Waals surface area contributed by atoms with E-state index in [9.17, 15) is 0 Å². The number of nitriles is 1. The third-order valence-electron chi connectivity index (χ3n) is 1.79. The van der Waals surface area contributed by atoms with Crippen LogP contribution < -0.4 is 0 Å². The SMILES string of the molecule is Cc1ccc(C(C#N)C(=S)S)cc1. The first kappa shape index (κ1) is 10.2. The topological polar surface area (TPSA) is 23.8 Å². The monoisotopic (exact) mass is 207 g/mol. The van der Waals surface area contributed by atoms with Gasteiger partial charge in [-0.25, -0.2) is 0 Å². The summed E-state index contributed by atoms with van der Waals surface area (Å²) < 4.78 is 0.423. The number of hydrogen-bond donors (Lipinski definition) is 1. The minimum Gasteiger partial charge on any atom is -0.197 e. The van der Waals surface area contributed by atoms with Gasteiger partial charge in [0.15, 0.2) is 0 Å². The molecule has 0 aromatic heterocycles. The quantitative estimate of drug-likeness (QED) is 0.595. The molecule has 0 amide bonds. The van der Waals surface area contributed by atoms with E-state index in [4.69, 9.17) is 17.5 Å². The first-order valence-corrected chi connectivity index (χ1v) is 4.69. The van der Waals surface area contributed by atoms with Crippen LogP contribution in [0.1, 0.15) is 17.0 Å². The van der Waals surface area contributed by atoms with Gasteiger partial charge in [-0.3, -0.25) is 0 Å². The second-order valence-corrected chi connectivity index (χ2v) is 4.04. The molecule has 0 N–H and O–H groups in total. The van der Waals surface area contributed by atoms with Crippen LogP contribution in [-0.2, 0) is 0 Å². The van der Waals surface area contributed by atoms with Gasteiger partial charge in [0.2, 0.25) is 0 Å². The Bertz CT molecular complexity index is 348. The van der Waals surface area contributed by atoms with Crippen molar-refractivity contribution in [1.82, 2.24) is 0 Å². The van der Waals surface area contributed by atoms with Crippen molar-refractivity contribution in [1.29, 1.82) is 5.26 Å². The summed E-state index contributed by atoms with van der Waals surface area (Å²) in [5.41, 5.74) is 2.08. The van der Waals surface area contributed by atoms with Crippen LogP contribution >= 0.6 is 24.8 Å². The average molecular weight is 207 g/mol. The molecule has 0 aliphatic heterocycles. The molecular weight excluding hydrogens is 198 g/mol. The third kappa shape index (κ3) is 2.55. The minimum absolute atomic E-state index is 0.376. The highest BCUT2D eigenvalue weighted by Crippen LogP contribution is 2.19. The molecule has 1 rings (SSSR count). The van der Waals surface area contributed by atoms with E-state index in [1.165, 1.54) is 5.56 Å². The van der Waals surface area contributed by atoms with E-state index in [1.54, 1.807) is 0 Å². The van der Waals surface area contributed by atoms with E-state index in [-0.39, 0.29) is 5.92 Å². The van der Waals surface area contributed by atoms with Crippen molar-refractivity contribution in [3.8, 4) is 6.07 Å². The molecule has 1 aromatic rings. The summed E-state index contributed by atoms with van der Waals surface area (Å²) in [6.45, 7) is 2.00. The number of benzene rings is 1. The van der Waals surface area contributed by atoms with E-state index in [1.807, 2.05) is 31.2 Å². The van der Waals surface area contributed by atoms with Gasteiger partial charge in [-0.1, -0.05) is 42.0 Å². The molecule has 0 bridgehead atoms. The summed E-state index contributed by atoms with van der Waals surface area (Å²) in [6.07, 6.45) is 0. The number of thiocarbonyl (C=S) groups is 1. The van der Waals surface area contributed by atoms with Crippen molar-refractivity contribution in [2.45, 2.75) is 12.8 Å². The summed E-state index contributed by atoms with van der Waals surface area (Å²) in [4.78, 5) is 0. The maximum Gasteiger partial charge on any atom is 0.112 e. The van der Waals surface area contributed by atoms with Gasteiger partial charge >= 0.3 is 0 Å². The molecule has 1 unspecified atom stereocenters. The van der Waals surface area contributed by atoms with Gasteiger partial charge in [0.25, 0.3) is 0 Å². The lowest BCUT2D eigenvalue weighted by Crippen LogP contribution is -2.01. The van der Waals surface area contributed by atoms with E-state index in [0.717, 1.165) is 5.56 Å². The van der Waals surface area contributed by atoms with Crippen LogP contribution in [0.2, 0.25) is 0 Å². The van der Waals surface area contributed by atoms with Crippen molar-refractivity contribution in [2.24, 2.45) is 0 Å². The Labute approximate surface area is 88.8 Å². The maximum atomic E-state index is 8.83. The summed E-state index contributed by atoms with van der Waals surface area (Å²) in [5, 5.41) is 8.83. The maximum absolute atomic E-state index is 8.83. The normalized spacial score (nSPS) is 11.8. The Morgan fingerprint density at radius 1 is 1.46 bits per heavy atom. The molecule has 0 saturated heterocycles. The molecule has 1 atom stereocenters. The van der Waals surface area contributed by atoms with Gasteiger partial charge < -0.3 is 0 Å². The lowest BCUT2D eigenvalue weighted by molar-refractivity contribution is 1.18. The second-order valence-electron chi connectivity index (χ2n) is 2.81. The molecule has 1 aromatic carbocycles. The summed E-state index contributed by atoms with van der Waals surface area (Å²) in [6, 6.07) is 9.86. The number of nitrogens with zero attached hydrogens (tertiary/aromatic N) is 1. The first-order chi connectivity index (χ1) is 6.15. The lowest BCUT2D eigenvalue weighted by Gasteiger charge is -2.06. The number of thiol groups is 1. The Morgan fingerprint density at radius 3 is 2.38 bits per heavy atom. The molecule has 0 radical (unpaired) electrons. The Morgan fingerprint density at radius 2 is 2.00 bits per heavy atom. The molecule has 0 heterocycles. The first-order valence-electron chi connectivity index (χ1n) is 3.84. The summed E-state index contributed by atoms with van der Waals surface area (Å²) in [5.74, 6) is -0.376. The van der Waals surface area contributed by atoms with Gasteiger partial charge in [0, 0.05) is 0 Å². The largest absolute Gasteiger partial charge is 0.197 e. The van der Waals surface area contributed by atoms with Crippen LogP contribution in [0.4, 0.5) is 0 Å². The smallest absolute Gasteiger partial charge is 0.112 e. The van der Waals surface area contributed by atoms with Crippen molar-refractivity contribution >= 4 is 29.0 Å². The fourth-order valence-corrected chi connectivity index (χ4v) is 1.43. The van der Waals surface area contributed by atoms with Crippen LogP contribution in [0.15, 0.2) is 24.3 Å². The van der Waals surface area contributed by atoms with Crippen LogP contribution in [0.5, 0.6) is 0 Å². The van der Waals surface area contributed by atoms with Crippen LogP contribution in [-0.4, -0.2) is 4.20 Å². The van der Waals surface area contributed by atoms with E-state index in [2.05, 4.69) is 18.7 Å². The molecule has 0 spiro atoms. The number of rotatable bonds is 2. The van der Waals surface area contributed by atoms with Gasteiger partial charge in [0.1, 0.15) is 5.92 Å². The fourth-order valence-electron chi connectivity index (χ4n) is 1.03. The zero-order valence-electron chi connectivity index (χ0n) is 7.19. The van der Waals surface area contributed by atoms with Crippen molar-refractivity contribution in [3.63, 3.8) is 0 Å². The minimum atomic E-state index is -0.376. The molecule has 0 aliphatic carbocycles. The van der Waals surface area contributed by atoms with Crippen LogP contribution in [0.25, 0.3) is 0 Å². The number of aryl methyl sites for hydroxylation is 1. The second kappa shape index (κ2) is 4.40. The number of hydrogen-bond acceptors (Lipinski definition) is 2. The zero-order chi connectivity index (χ0) is 9.84. The third-order valence-corrected chi connectivity index (χ3v) is 2.28. The highest BCUT2D eigenvalue weighted by molar-refractivity contribution is 8.11. The van der Waals surface area contributed by atoms with Crippen LogP contribution in [0.3, 0.4) is 0 Å². The average Bonchev–Trinajstić information content (AvgIpc) is 2.09. The van der Waals surface area contributed by atoms with Gasteiger partial charge in [0.05, 0.1) is 10.3 Å². The van der Waals surface area contributed by atoms with Gasteiger partial charge in [-0.15, -0.1) is 12.6 Å². The molecule has 3 heteroatoms. The summed E-state index contributed by atoms with van der Waals surface area (Å²) in [7, 11) is 0. The standard InChI is InChI=1S/C10H9NS2/c1-7-2-4-8(5-3-7)9(6-11)10(12)13/h2-5,9H,1H3,(H,12,13). The fraction of sp³-hybridized carbons (Fsp3) is 0.200. The molecule has 1 nitrogen and oxygen atoms in total. The van der Waals surface area contributed by atoms with Crippen molar-refractivity contribution < 1.29 is 0 Å². The van der Waals surface area contributed by atoms with Gasteiger partial charge in [-0.05, 0) is 12.5 Å². The van der Waals surface area contributed by atoms with Gasteiger partial charge in [-0.2, -0.15) is 5.26 Å². The molecule has 66 valence electrons. The predicted octanol–water partition coefficient (Wildman–Crippen LogP) is 2.86. The van der Waals surface area contributed by atoms with Crippen molar-refractivity contribution in [2.75, 3.05) is 0 Å². The molecule has 0 fully saturated rings.